The summed E-state index contributed by atoms with van der Waals surface area (Å²) in [5.74, 6) is -0.468. The molecule has 4 rings (SSSR count). The van der Waals surface area contributed by atoms with Crippen LogP contribution in [0.2, 0.25) is 0 Å². The highest BCUT2D eigenvalue weighted by molar-refractivity contribution is 7.13. The first-order valence-corrected chi connectivity index (χ1v) is 10.5. The Morgan fingerprint density at radius 2 is 1.79 bits per heavy atom. The number of benzene rings is 2. The van der Waals surface area contributed by atoms with Crippen molar-refractivity contribution in [2.45, 2.75) is 6.54 Å². The van der Waals surface area contributed by atoms with E-state index in [1.807, 2.05) is 18.2 Å². The fraction of sp³-hybridized carbons (Fsp3) is 0.273. The lowest BCUT2D eigenvalue weighted by Gasteiger charge is -2.33. The molecule has 29 heavy (non-hydrogen) atoms. The molecule has 0 aliphatic carbocycles. The molecule has 1 amide bonds. The van der Waals surface area contributed by atoms with E-state index in [9.17, 15) is 9.18 Å². The van der Waals surface area contributed by atoms with Gasteiger partial charge >= 0.3 is 0 Å². The van der Waals surface area contributed by atoms with Crippen LogP contribution >= 0.6 is 11.3 Å². The van der Waals surface area contributed by atoms with Crippen LogP contribution in [0, 0.1) is 5.82 Å². The van der Waals surface area contributed by atoms with Gasteiger partial charge in [-0.05, 0) is 18.2 Å². The van der Waals surface area contributed by atoms with E-state index in [1.54, 1.807) is 23.5 Å². The fourth-order valence-electron chi connectivity index (χ4n) is 3.40. The van der Waals surface area contributed by atoms with Crippen molar-refractivity contribution in [1.29, 1.82) is 0 Å². The number of rotatable bonds is 6. The summed E-state index contributed by atoms with van der Waals surface area (Å²) >= 11 is 1.67. The molecule has 1 saturated heterocycles. The molecule has 1 aliphatic rings. The maximum absolute atomic E-state index is 13.2. The number of carbonyl (C=O) groups excluding carboxylic acids is 1. The molecule has 1 aromatic heterocycles. The van der Waals surface area contributed by atoms with E-state index in [-0.39, 0.29) is 11.7 Å². The van der Waals surface area contributed by atoms with Crippen molar-refractivity contribution in [2.24, 2.45) is 0 Å². The first kappa shape index (κ1) is 19.7. The molecule has 1 fully saturated rings. The molecular weight excluding hydrogens is 387 g/mol. The summed E-state index contributed by atoms with van der Waals surface area (Å²) in [6, 6.07) is 16.2. The van der Waals surface area contributed by atoms with Crippen LogP contribution in [0.1, 0.15) is 5.69 Å². The SMILES string of the molecule is O=C(CN1CCN(Cc2csc(-c3ccccc3)n2)CC1)Nc1cccc(F)c1. The predicted molar refractivity (Wildman–Crippen MR) is 114 cm³/mol. The maximum atomic E-state index is 13.2. The highest BCUT2D eigenvalue weighted by Crippen LogP contribution is 2.24. The number of aromatic nitrogens is 1. The van der Waals surface area contributed by atoms with Crippen molar-refractivity contribution in [1.82, 2.24) is 14.8 Å². The zero-order valence-corrected chi connectivity index (χ0v) is 16.9. The number of anilines is 1. The summed E-state index contributed by atoms with van der Waals surface area (Å²) in [4.78, 5) is 21.5. The first-order chi connectivity index (χ1) is 14.2. The van der Waals surface area contributed by atoms with Crippen molar-refractivity contribution in [2.75, 3.05) is 38.0 Å². The standard InChI is InChI=1S/C22H23FN4OS/c23-18-7-4-8-19(13-18)24-21(28)15-27-11-9-26(10-12-27)14-20-16-29-22(25-20)17-5-2-1-3-6-17/h1-8,13,16H,9-12,14-15H2,(H,24,28). The van der Waals surface area contributed by atoms with Crippen LogP contribution in [0.15, 0.2) is 60.0 Å². The minimum atomic E-state index is -0.353. The minimum absolute atomic E-state index is 0.115. The number of halogens is 1. The summed E-state index contributed by atoms with van der Waals surface area (Å²) in [6.07, 6.45) is 0. The number of nitrogens with one attached hydrogen (secondary N) is 1. The Bertz CT molecular complexity index is 954. The molecule has 150 valence electrons. The first-order valence-electron chi connectivity index (χ1n) is 9.66. The predicted octanol–water partition coefficient (Wildman–Crippen LogP) is 3.71. The number of hydrogen-bond acceptors (Lipinski definition) is 5. The summed E-state index contributed by atoms with van der Waals surface area (Å²) < 4.78 is 13.2. The van der Waals surface area contributed by atoms with Crippen LogP contribution in [0.25, 0.3) is 10.6 Å². The van der Waals surface area contributed by atoms with Crippen LogP contribution < -0.4 is 5.32 Å². The minimum Gasteiger partial charge on any atom is -0.325 e. The molecule has 0 spiro atoms. The molecule has 5 nitrogen and oxygen atoms in total. The zero-order chi connectivity index (χ0) is 20.1. The van der Waals surface area contributed by atoms with E-state index >= 15 is 0 Å². The number of piperazine rings is 1. The second-order valence-electron chi connectivity index (χ2n) is 7.12. The normalized spacial score (nSPS) is 15.3. The quantitative estimate of drug-likeness (QED) is 0.673. The Morgan fingerprint density at radius 3 is 2.55 bits per heavy atom. The molecule has 3 aromatic rings. The highest BCUT2D eigenvalue weighted by Gasteiger charge is 2.20. The van der Waals surface area contributed by atoms with Crippen molar-refractivity contribution in [3.8, 4) is 10.6 Å². The van der Waals surface area contributed by atoms with Gasteiger partial charge in [0.25, 0.3) is 0 Å². The van der Waals surface area contributed by atoms with Gasteiger partial charge in [0.1, 0.15) is 10.8 Å². The third kappa shape index (κ3) is 5.47. The Balaban J connectivity index is 1.23. The molecule has 2 aromatic carbocycles. The van der Waals surface area contributed by atoms with Crippen molar-refractivity contribution in [3.63, 3.8) is 0 Å². The Labute approximate surface area is 173 Å². The maximum Gasteiger partial charge on any atom is 0.238 e. The van der Waals surface area contributed by atoms with Gasteiger partial charge in [0.15, 0.2) is 0 Å². The number of nitrogens with zero attached hydrogens (tertiary/aromatic N) is 3. The monoisotopic (exact) mass is 410 g/mol. The third-order valence-electron chi connectivity index (χ3n) is 4.90. The zero-order valence-electron chi connectivity index (χ0n) is 16.1. The fourth-order valence-corrected chi connectivity index (χ4v) is 4.21. The number of thiazole rings is 1. The number of carbonyl (C=O) groups is 1. The van der Waals surface area contributed by atoms with Gasteiger partial charge in [-0.25, -0.2) is 9.37 Å². The van der Waals surface area contributed by atoms with Gasteiger partial charge in [-0.3, -0.25) is 14.6 Å². The Kier molecular flexibility index (Phi) is 6.29. The van der Waals surface area contributed by atoms with Crippen LogP contribution in [0.3, 0.4) is 0 Å². The third-order valence-corrected chi connectivity index (χ3v) is 5.84. The Hall–Kier alpha value is -2.61. The second kappa shape index (κ2) is 9.26. The molecule has 0 radical (unpaired) electrons. The van der Waals surface area contributed by atoms with Crippen LogP contribution in [0.5, 0.6) is 0 Å². The van der Waals surface area contributed by atoms with Gasteiger partial charge in [-0.1, -0.05) is 36.4 Å². The summed E-state index contributed by atoms with van der Waals surface area (Å²) in [5, 5.41) is 5.93. The summed E-state index contributed by atoms with van der Waals surface area (Å²) in [5.41, 5.74) is 2.73. The smallest absolute Gasteiger partial charge is 0.238 e. The number of amides is 1. The second-order valence-corrected chi connectivity index (χ2v) is 7.98. The molecular formula is C22H23FN4OS. The van der Waals surface area contributed by atoms with E-state index in [1.165, 1.54) is 12.1 Å². The van der Waals surface area contributed by atoms with Gasteiger partial charge in [-0.15, -0.1) is 11.3 Å². The van der Waals surface area contributed by atoms with E-state index in [4.69, 9.17) is 4.98 Å². The van der Waals surface area contributed by atoms with Crippen molar-refractivity contribution < 1.29 is 9.18 Å². The molecule has 0 saturated carbocycles. The molecule has 7 heteroatoms. The van der Waals surface area contributed by atoms with Gasteiger partial charge in [0.05, 0.1) is 12.2 Å². The van der Waals surface area contributed by atoms with Gasteiger partial charge < -0.3 is 5.32 Å². The van der Waals surface area contributed by atoms with Gasteiger partial charge in [-0.2, -0.15) is 0 Å². The van der Waals surface area contributed by atoms with E-state index in [0.29, 0.717) is 12.2 Å². The summed E-state index contributed by atoms with van der Waals surface area (Å²) in [6.45, 7) is 4.58. The topological polar surface area (TPSA) is 48.5 Å². The van der Waals surface area contributed by atoms with Crippen LogP contribution in [0.4, 0.5) is 10.1 Å². The Morgan fingerprint density at radius 1 is 1.03 bits per heavy atom. The number of hydrogen-bond donors (Lipinski definition) is 1. The lowest BCUT2D eigenvalue weighted by atomic mass is 10.2. The van der Waals surface area contributed by atoms with E-state index in [0.717, 1.165) is 49.0 Å². The van der Waals surface area contributed by atoms with Crippen LogP contribution in [-0.2, 0) is 11.3 Å². The lowest BCUT2D eigenvalue weighted by Crippen LogP contribution is -2.48. The lowest BCUT2D eigenvalue weighted by molar-refractivity contribution is -0.117. The van der Waals surface area contributed by atoms with Crippen molar-refractivity contribution in [3.05, 3.63) is 71.5 Å². The largest absolute Gasteiger partial charge is 0.325 e. The summed E-state index contributed by atoms with van der Waals surface area (Å²) in [7, 11) is 0. The van der Waals surface area contributed by atoms with E-state index < -0.39 is 0 Å². The molecule has 0 atom stereocenters. The molecule has 0 bridgehead atoms. The van der Waals surface area contributed by atoms with Crippen LogP contribution in [-0.4, -0.2) is 53.4 Å². The van der Waals surface area contributed by atoms with Gasteiger partial charge in [0, 0.05) is 49.4 Å². The molecule has 0 unspecified atom stereocenters. The average molecular weight is 411 g/mol. The molecule has 2 heterocycles. The average Bonchev–Trinajstić information content (AvgIpc) is 3.19. The molecule has 1 aliphatic heterocycles. The van der Waals surface area contributed by atoms with E-state index in [2.05, 4.69) is 32.6 Å². The highest BCUT2D eigenvalue weighted by atomic mass is 32.1. The van der Waals surface area contributed by atoms with Crippen molar-refractivity contribution >= 4 is 22.9 Å². The molecule has 1 N–H and O–H groups in total. The van der Waals surface area contributed by atoms with Gasteiger partial charge in [0.2, 0.25) is 5.91 Å².